The van der Waals surface area contributed by atoms with Crippen LogP contribution in [0.1, 0.15) is 27.2 Å². The Morgan fingerprint density at radius 3 is 2.50 bits per heavy atom. The molecule has 1 rings (SSSR count). The van der Waals surface area contributed by atoms with Gasteiger partial charge in [-0.05, 0) is 20.3 Å². The van der Waals surface area contributed by atoms with Crippen LogP contribution in [-0.4, -0.2) is 33.9 Å². The number of anilines is 1. The van der Waals surface area contributed by atoms with Gasteiger partial charge in [-0.3, -0.25) is 4.79 Å². The number of carbonyl (C=O) groups is 1. The van der Waals surface area contributed by atoms with Crippen LogP contribution >= 0.6 is 0 Å². The van der Waals surface area contributed by atoms with Gasteiger partial charge in [0, 0.05) is 24.7 Å². The van der Waals surface area contributed by atoms with Crippen LogP contribution < -0.4 is 10.5 Å². The minimum absolute atomic E-state index is 0.173. The summed E-state index contributed by atoms with van der Waals surface area (Å²) >= 11 is 0. The van der Waals surface area contributed by atoms with Crippen LogP contribution in [0, 0.1) is 0 Å². The molecule has 0 radical (unpaired) electrons. The molecule has 0 unspecified atom stereocenters. The maximum absolute atomic E-state index is 11.9. The summed E-state index contributed by atoms with van der Waals surface area (Å²) in [6, 6.07) is 1.53. The lowest BCUT2D eigenvalue weighted by Gasteiger charge is -2.20. The van der Waals surface area contributed by atoms with Gasteiger partial charge in [0.15, 0.2) is 0 Å². The van der Waals surface area contributed by atoms with Gasteiger partial charge < -0.3 is 10.0 Å². The normalized spacial score (nSPS) is 11.4. The first-order chi connectivity index (χ1) is 9.53. The van der Waals surface area contributed by atoms with Crippen molar-refractivity contribution in [1.29, 1.82) is 0 Å². The Labute approximate surface area is 118 Å². The molecule has 1 N–H and O–H groups in total. The largest absolute Gasteiger partial charge is 0.478 e. The molecule has 6 heteroatoms. The first-order valence-corrected chi connectivity index (χ1v) is 6.77. The lowest BCUT2D eigenvalue weighted by molar-refractivity contribution is -0.132. The maximum atomic E-state index is 11.9. The molecule has 0 saturated heterocycles. The number of nitrogens with zero attached hydrogens (tertiary/aromatic N) is 3. The van der Waals surface area contributed by atoms with Crippen molar-refractivity contribution in [1.82, 2.24) is 9.78 Å². The lowest BCUT2D eigenvalue weighted by atomic mass is 10.2. The zero-order chi connectivity index (χ0) is 15.1. The van der Waals surface area contributed by atoms with Crippen LogP contribution in [0.25, 0.3) is 0 Å². The van der Waals surface area contributed by atoms with E-state index in [1.54, 1.807) is 13.1 Å². The fraction of sp³-hybridized carbons (Fsp3) is 0.500. The number of allylic oxidation sites excluding steroid dienone is 1. The van der Waals surface area contributed by atoms with E-state index in [-0.39, 0.29) is 17.7 Å². The Morgan fingerprint density at radius 2 is 2.05 bits per heavy atom. The Hall–Kier alpha value is -2.11. The van der Waals surface area contributed by atoms with Crippen molar-refractivity contribution in [2.75, 3.05) is 18.0 Å². The minimum Gasteiger partial charge on any atom is -0.478 e. The van der Waals surface area contributed by atoms with Crippen LogP contribution in [0.2, 0.25) is 0 Å². The molecular formula is C14H21N3O3. The predicted molar refractivity (Wildman–Crippen MR) is 78.1 cm³/mol. The second-order valence-electron chi connectivity index (χ2n) is 4.29. The van der Waals surface area contributed by atoms with Crippen LogP contribution in [0.5, 0.6) is 0 Å². The monoisotopic (exact) mass is 279 g/mol. The van der Waals surface area contributed by atoms with Gasteiger partial charge >= 0.3 is 5.97 Å². The third-order valence-corrected chi connectivity index (χ3v) is 3.15. The van der Waals surface area contributed by atoms with Crippen molar-refractivity contribution in [3.63, 3.8) is 0 Å². The molecule has 1 aromatic heterocycles. The molecule has 1 aromatic rings. The van der Waals surface area contributed by atoms with E-state index in [1.165, 1.54) is 16.8 Å². The highest BCUT2D eigenvalue weighted by molar-refractivity contribution is 5.86. The van der Waals surface area contributed by atoms with Gasteiger partial charge in [0.05, 0.1) is 18.4 Å². The molecule has 20 heavy (non-hydrogen) atoms. The summed E-state index contributed by atoms with van der Waals surface area (Å²) in [7, 11) is 0. The Bertz CT molecular complexity index is 545. The van der Waals surface area contributed by atoms with E-state index in [2.05, 4.69) is 5.10 Å². The topological polar surface area (TPSA) is 75.4 Å². The average Bonchev–Trinajstić information content (AvgIpc) is 2.42. The van der Waals surface area contributed by atoms with Crippen LogP contribution in [-0.2, 0) is 11.3 Å². The van der Waals surface area contributed by atoms with Crippen molar-refractivity contribution < 1.29 is 9.90 Å². The van der Waals surface area contributed by atoms with Crippen molar-refractivity contribution in [3.05, 3.63) is 34.3 Å². The summed E-state index contributed by atoms with van der Waals surface area (Å²) in [5.74, 6) is -0.958. The zero-order valence-corrected chi connectivity index (χ0v) is 12.2. The van der Waals surface area contributed by atoms with Gasteiger partial charge in [-0.2, -0.15) is 5.10 Å². The number of carboxylic acids is 1. The first kappa shape index (κ1) is 15.9. The minimum atomic E-state index is -0.958. The molecular weight excluding hydrogens is 258 g/mol. The van der Waals surface area contributed by atoms with Gasteiger partial charge in [0.1, 0.15) is 0 Å². The number of rotatable bonds is 7. The zero-order valence-electron chi connectivity index (χ0n) is 12.2. The Kier molecular flexibility index (Phi) is 5.96. The Morgan fingerprint density at radius 1 is 1.40 bits per heavy atom. The van der Waals surface area contributed by atoms with Crippen molar-refractivity contribution in [2.24, 2.45) is 0 Å². The standard InChI is InChI=1S/C14H21N3O3/c1-4-11(14(19)20)7-8-17-13(18)9-12(10-15-17)16(5-2)6-3/h7,9-10H,4-6,8H2,1-3H3,(H,19,20)/b11-7-. The van der Waals surface area contributed by atoms with Crippen LogP contribution in [0.3, 0.4) is 0 Å². The molecule has 0 saturated carbocycles. The van der Waals surface area contributed by atoms with Gasteiger partial charge in [0.25, 0.3) is 5.56 Å². The van der Waals surface area contributed by atoms with E-state index in [0.717, 1.165) is 18.8 Å². The molecule has 0 atom stereocenters. The smallest absolute Gasteiger partial charge is 0.331 e. The fourth-order valence-corrected chi connectivity index (χ4v) is 1.90. The molecule has 0 aliphatic heterocycles. The van der Waals surface area contributed by atoms with Crippen LogP contribution in [0.15, 0.2) is 28.7 Å². The third-order valence-electron chi connectivity index (χ3n) is 3.15. The third kappa shape index (κ3) is 3.94. The number of hydrogen-bond acceptors (Lipinski definition) is 4. The van der Waals surface area contributed by atoms with E-state index in [9.17, 15) is 9.59 Å². The van der Waals surface area contributed by atoms with Crippen LogP contribution in [0.4, 0.5) is 5.69 Å². The lowest BCUT2D eigenvalue weighted by Crippen LogP contribution is -2.27. The number of aromatic nitrogens is 2. The molecule has 0 bridgehead atoms. The summed E-state index contributed by atoms with van der Waals surface area (Å²) in [5.41, 5.74) is 0.840. The maximum Gasteiger partial charge on any atom is 0.331 e. The summed E-state index contributed by atoms with van der Waals surface area (Å²) < 4.78 is 1.26. The summed E-state index contributed by atoms with van der Waals surface area (Å²) in [6.45, 7) is 7.57. The predicted octanol–water partition coefficient (Wildman–Crippen LogP) is 1.51. The second kappa shape index (κ2) is 7.47. The average molecular weight is 279 g/mol. The summed E-state index contributed by atoms with van der Waals surface area (Å²) in [4.78, 5) is 24.9. The molecule has 0 fully saturated rings. The van der Waals surface area contributed by atoms with E-state index in [1.807, 2.05) is 18.7 Å². The summed E-state index contributed by atoms with van der Waals surface area (Å²) in [6.07, 6.45) is 3.57. The highest BCUT2D eigenvalue weighted by Gasteiger charge is 2.07. The quantitative estimate of drug-likeness (QED) is 0.766. The molecule has 110 valence electrons. The number of aliphatic carboxylic acids is 1. The van der Waals surface area contributed by atoms with Gasteiger partial charge in [-0.15, -0.1) is 0 Å². The van der Waals surface area contributed by atoms with E-state index >= 15 is 0 Å². The van der Waals surface area contributed by atoms with E-state index in [4.69, 9.17) is 5.11 Å². The SMILES string of the molecule is CC/C(=C/Cn1ncc(N(CC)CC)cc1=O)C(=O)O. The van der Waals surface area contributed by atoms with Crippen molar-refractivity contribution in [3.8, 4) is 0 Å². The van der Waals surface area contributed by atoms with Gasteiger partial charge in [0.2, 0.25) is 0 Å². The molecule has 0 spiro atoms. The number of carboxylic acid groups (broad SMARTS) is 1. The van der Waals surface area contributed by atoms with Gasteiger partial charge in [-0.1, -0.05) is 13.0 Å². The highest BCUT2D eigenvalue weighted by atomic mass is 16.4. The highest BCUT2D eigenvalue weighted by Crippen LogP contribution is 2.08. The van der Waals surface area contributed by atoms with Crippen molar-refractivity contribution >= 4 is 11.7 Å². The first-order valence-electron chi connectivity index (χ1n) is 6.77. The molecule has 0 aromatic carbocycles. The fourth-order valence-electron chi connectivity index (χ4n) is 1.90. The van der Waals surface area contributed by atoms with Crippen molar-refractivity contribution in [2.45, 2.75) is 33.7 Å². The van der Waals surface area contributed by atoms with E-state index < -0.39 is 5.97 Å². The Balaban J connectivity index is 2.94. The van der Waals surface area contributed by atoms with E-state index in [0.29, 0.717) is 6.42 Å². The molecule has 6 nitrogen and oxygen atoms in total. The number of hydrogen-bond donors (Lipinski definition) is 1. The summed E-state index contributed by atoms with van der Waals surface area (Å²) in [5, 5.41) is 13.0. The second-order valence-corrected chi connectivity index (χ2v) is 4.29. The molecule has 1 heterocycles. The molecule has 0 amide bonds. The molecule has 0 aliphatic carbocycles. The van der Waals surface area contributed by atoms with Gasteiger partial charge in [-0.25, -0.2) is 9.48 Å². The molecule has 0 aliphatic rings.